The first-order chi connectivity index (χ1) is 8.79. The third kappa shape index (κ3) is 1.65. The van der Waals surface area contributed by atoms with Crippen LogP contribution in [-0.4, -0.2) is 19.8 Å². The summed E-state index contributed by atoms with van der Waals surface area (Å²) in [5.74, 6) is 0.740. The van der Waals surface area contributed by atoms with E-state index in [4.69, 9.17) is 5.73 Å². The molecule has 0 spiro atoms. The molecule has 0 aliphatic carbocycles. The van der Waals surface area contributed by atoms with Crippen LogP contribution in [0.5, 0.6) is 0 Å². The van der Waals surface area contributed by atoms with Crippen LogP contribution in [0.4, 0.5) is 0 Å². The van der Waals surface area contributed by atoms with E-state index in [0.717, 1.165) is 28.2 Å². The van der Waals surface area contributed by atoms with E-state index in [1.165, 1.54) is 0 Å². The molecule has 90 valence electrons. The van der Waals surface area contributed by atoms with Crippen LogP contribution >= 0.6 is 0 Å². The van der Waals surface area contributed by atoms with Crippen LogP contribution in [0.2, 0.25) is 0 Å². The monoisotopic (exact) mass is 239 g/mol. The normalized spacial score (nSPS) is 11.0. The molecule has 0 atom stereocenters. The minimum Gasteiger partial charge on any atom is -0.326 e. The number of nitrogens with zero attached hydrogens (tertiary/aromatic N) is 4. The number of benzene rings is 1. The Hall–Kier alpha value is -2.27. The summed E-state index contributed by atoms with van der Waals surface area (Å²) < 4.78 is 1.75. The molecule has 3 aromatic rings. The van der Waals surface area contributed by atoms with Crippen molar-refractivity contribution < 1.29 is 0 Å². The molecule has 3 rings (SSSR count). The maximum Gasteiger partial charge on any atom is 0.185 e. The molecule has 0 aliphatic rings. The molecular weight excluding hydrogens is 226 g/mol. The van der Waals surface area contributed by atoms with Gasteiger partial charge >= 0.3 is 0 Å². The highest BCUT2D eigenvalue weighted by Crippen LogP contribution is 2.19. The van der Waals surface area contributed by atoms with Crippen LogP contribution < -0.4 is 5.73 Å². The lowest BCUT2D eigenvalue weighted by Gasteiger charge is -2.02. The van der Waals surface area contributed by atoms with Crippen molar-refractivity contribution in [3.8, 4) is 11.4 Å². The second-order valence-corrected chi connectivity index (χ2v) is 4.18. The Kier molecular flexibility index (Phi) is 2.53. The zero-order chi connectivity index (χ0) is 12.5. The van der Waals surface area contributed by atoms with Crippen LogP contribution in [0, 0.1) is 6.92 Å². The number of rotatable bonds is 2. The fraction of sp³-hybridized carbons (Fsp3) is 0.154. The molecule has 5 heteroatoms. The predicted molar refractivity (Wildman–Crippen MR) is 68.8 cm³/mol. The van der Waals surface area contributed by atoms with Crippen molar-refractivity contribution >= 4 is 5.65 Å². The van der Waals surface area contributed by atoms with E-state index in [0.29, 0.717) is 6.54 Å². The SMILES string of the molecule is Cc1ccnn2c(-c3cccc(CN)c3)nnc12. The smallest absolute Gasteiger partial charge is 0.185 e. The fourth-order valence-corrected chi connectivity index (χ4v) is 1.94. The topological polar surface area (TPSA) is 69.1 Å². The van der Waals surface area contributed by atoms with E-state index in [1.54, 1.807) is 10.7 Å². The molecule has 18 heavy (non-hydrogen) atoms. The lowest BCUT2D eigenvalue weighted by molar-refractivity contribution is 0.928. The van der Waals surface area contributed by atoms with Crippen LogP contribution in [-0.2, 0) is 6.54 Å². The molecule has 0 saturated carbocycles. The number of fused-ring (bicyclic) bond motifs is 1. The highest BCUT2D eigenvalue weighted by molar-refractivity contribution is 5.60. The summed E-state index contributed by atoms with van der Waals surface area (Å²) in [5, 5.41) is 12.7. The second-order valence-electron chi connectivity index (χ2n) is 4.18. The van der Waals surface area contributed by atoms with Gasteiger partial charge in [-0.15, -0.1) is 10.2 Å². The van der Waals surface area contributed by atoms with Gasteiger partial charge in [0, 0.05) is 18.3 Å². The number of nitrogens with two attached hydrogens (primary N) is 1. The van der Waals surface area contributed by atoms with Crippen molar-refractivity contribution in [2.45, 2.75) is 13.5 Å². The van der Waals surface area contributed by atoms with Gasteiger partial charge < -0.3 is 5.73 Å². The molecule has 1 aromatic carbocycles. The van der Waals surface area contributed by atoms with Crippen molar-refractivity contribution in [3.63, 3.8) is 0 Å². The van der Waals surface area contributed by atoms with Gasteiger partial charge in [0.15, 0.2) is 11.5 Å². The molecule has 0 radical (unpaired) electrons. The van der Waals surface area contributed by atoms with E-state index in [-0.39, 0.29) is 0 Å². The van der Waals surface area contributed by atoms with Gasteiger partial charge in [0.1, 0.15) is 0 Å². The van der Waals surface area contributed by atoms with Gasteiger partial charge in [-0.25, -0.2) is 0 Å². The number of hydrogen-bond acceptors (Lipinski definition) is 4. The third-order valence-corrected chi connectivity index (χ3v) is 2.92. The largest absolute Gasteiger partial charge is 0.326 e. The predicted octanol–water partition coefficient (Wildman–Crippen LogP) is 1.56. The number of aryl methyl sites for hydroxylation is 1. The van der Waals surface area contributed by atoms with E-state index >= 15 is 0 Å². The molecule has 2 N–H and O–H groups in total. The molecule has 0 unspecified atom stereocenters. The standard InChI is InChI=1S/C13H13N5/c1-9-5-6-15-18-12(9)16-17-13(18)11-4-2-3-10(7-11)8-14/h2-7H,8,14H2,1H3. The zero-order valence-corrected chi connectivity index (χ0v) is 10.0. The Morgan fingerprint density at radius 1 is 1.22 bits per heavy atom. The van der Waals surface area contributed by atoms with E-state index < -0.39 is 0 Å². The summed E-state index contributed by atoms with van der Waals surface area (Å²) in [6.07, 6.45) is 1.75. The fourth-order valence-electron chi connectivity index (χ4n) is 1.94. The van der Waals surface area contributed by atoms with Crippen LogP contribution in [0.3, 0.4) is 0 Å². The molecule has 0 amide bonds. The molecule has 0 aliphatic heterocycles. The van der Waals surface area contributed by atoms with E-state index in [1.807, 2.05) is 37.3 Å². The summed E-state index contributed by atoms with van der Waals surface area (Å²) in [7, 11) is 0. The summed E-state index contributed by atoms with van der Waals surface area (Å²) in [6.45, 7) is 2.50. The van der Waals surface area contributed by atoms with Gasteiger partial charge in [-0.2, -0.15) is 9.61 Å². The Labute approximate surface area is 104 Å². The number of aromatic nitrogens is 4. The Balaban J connectivity index is 2.22. The first kappa shape index (κ1) is 10.9. The first-order valence-electron chi connectivity index (χ1n) is 5.76. The molecule has 5 nitrogen and oxygen atoms in total. The lowest BCUT2D eigenvalue weighted by Crippen LogP contribution is -1.98. The second kappa shape index (κ2) is 4.19. The van der Waals surface area contributed by atoms with Gasteiger partial charge in [0.05, 0.1) is 0 Å². The van der Waals surface area contributed by atoms with Crippen molar-refractivity contribution in [2.75, 3.05) is 0 Å². The lowest BCUT2D eigenvalue weighted by atomic mass is 10.1. The Morgan fingerprint density at radius 3 is 2.94 bits per heavy atom. The van der Waals surface area contributed by atoms with Crippen LogP contribution in [0.1, 0.15) is 11.1 Å². The van der Waals surface area contributed by atoms with Crippen molar-refractivity contribution in [1.82, 2.24) is 19.8 Å². The molecular formula is C13H13N5. The minimum absolute atomic E-state index is 0.511. The van der Waals surface area contributed by atoms with E-state index in [9.17, 15) is 0 Å². The third-order valence-electron chi connectivity index (χ3n) is 2.92. The van der Waals surface area contributed by atoms with E-state index in [2.05, 4.69) is 15.3 Å². The summed E-state index contributed by atoms with van der Waals surface area (Å²) in [4.78, 5) is 0. The summed E-state index contributed by atoms with van der Waals surface area (Å²) >= 11 is 0. The molecule has 0 saturated heterocycles. The average molecular weight is 239 g/mol. The van der Waals surface area contributed by atoms with Gasteiger partial charge in [0.2, 0.25) is 0 Å². The van der Waals surface area contributed by atoms with Crippen molar-refractivity contribution in [2.24, 2.45) is 5.73 Å². The van der Waals surface area contributed by atoms with Crippen LogP contribution in [0.25, 0.3) is 17.0 Å². The molecule has 2 heterocycles. The Bertz CT molecular complexity index is 701. The first-order valence-corrected chi connectivity index (χ1v) is 5.76. The van der Waals surface area contributed by atoms with Crippen LogP contribution in [0.15, 0.2) is 36.5 Å². The highest BCUT2D eigenvalue weighted by atomic mass is 15.4. The maximum atomic E-state index is 5.65. The highest BCUT2D eigenvalue weighted by Gasteiger charge is 2.10. The summed E-state index contributed by atoms with van der Waals surface area (Å²) in [6, 6.07) is 9.88. The quantitative estimate of drug-likeness (QED) is 0.736. The van der Waals surface area contributed by atoms with Gasteiger partial charge in [0.25, 0.3) is 0 Å². The van der Waals surface area contributed by atoms with Gasteiger partial charge in [-0.3, -0.25) is 0 Å². The summed E-state index contributed by atoms with van der Waals surface area (Å²) in [5.41, 5.74) is 9.53. The Morgan fingerprint density at radius 2 is 2.11 bits per heavy atom. The zero-order valence-electron chi connectivity index (χ0n) is 10.0. The number of hydrogen-bond donors (Lipinski definition) is 1. The molecule has 2 aromatic heterocycles. The minimum atomic E-state index is 0.511. The molecule has 0 fully saturated rings. The van der Waals surface area contributed by atoms with Crippen molar-refractivity contribution in [3.05, 3.63) is 47.7 Å². The van der Waals surface area contributed by atoms with Crippen molar-refractivity contribution in [1.29, 1.82) is 0 Å². The maximum absolute atomic E-state index is 5.65. The van der Waals surface area contributed by atoms with Gasteiger partial charge in [-0.1, -0.05) is 18.2 Å². The average Bonchev–Trinajstić information content (AvgIpc) is 2.84. The van der Waals surface area contributed by atoms with Gasteiger partial charge in [-0.05, 0) is 30.2 Å². The molecule has 0 bridgehead atoms.